The standard InChI is InChI=1S/C19H27N9O2S/c1-12-9-15(31-26-12)25-18-16(17(20)29)22-10-14(24-18)28-6-2-3-13(11-28)23-19(30)27-7-4-21-5-8-27/h9-10,13,21H,2-8,11H2,1H3,(H2,20,29)(H,23,30)(H,24,25). The summed E-state index contributed by atoms with van der Waals surface area (Å²) < 4.78 is 4.23. The summed E-state index contributed by atoms with van der Waals surface area (Å²) in [6.45, 7) is 6.39. The second-order valence-electron chi connectivity index (χ2n) is 7.72. The SMILES string of the molecule is Cc1cc(Nc2nc(N3CCCC(NC(=O)N4CCNCC4)C3)cnc2C(N)=O)sn1. The van der Waals surface area contributed by atoms with Crippen LogP contribution in [0, 0.1) is 6.92 Å². The number of anilines is 3. The minimum absolute atomic E-state index is 0.0218. The molecule has 1 atom stereocenters. The summed E-state index contributed by atoms with van der Waals surface area (Å²) in [6.07, 6.45) is 3.39. The molecular weight excluding hydrogens is 418 g/mol. The van der Waals surface area contributed by atoms with Crippen molar-refractivity contribution in [2.75, 3.05) is 49.5 Å². The Balaban J connectivity index is 1.46. The lowest BCUT2D eigenvalue weighted by molar-refractivity contribution is 0.0996. The number of nitrogens with two attached hydrogens (primary N) is 1. The van der Waals surface area contributed by atoms with Crippen LogP contribution < -0.4 is 26.6 Å². The second kappa shape index (κ2) is 9.43. The summed E-state index contributed by atoms with van der Waals surface area (Å²) in [4.78, 5) is 37.2. The Bertz CT molecular complexity index is 944. The molecule has 2 fully saturated rings. The van der Waals surface area contributed by atoms with Crippen LogP contribution in [0.1, 0.15) is 29.0 Å². The molecule has 0 radical (unpaired) electrons. The minimum atomic E-state index is -0.650. The van der Waals surface area contributed by atoms with E-state index >= 15 is 0 Å². The van der Waals surface area contributed by atoms with Gasteiger partial charge in [0.2, 0.25) is 0 Å². The van der Waals surface area contributed by atoms with Crippen molar-refractivity contribution >= 4 is 40.1 Å². The average Bonchev–Trinajstić information content (AvgIpc) is 3.19. The second-order valence-corrected chi connectivity index (χ2v) is 8.52. The van der Waals surface area contributed by atoms with Gasteiger partial charge in [0, 0.05) is 45.3 Å². The number of hydrogen-bond donors (Lipinski definition) is 4. The average molecular weight is 446 g/mol. The predicted molar refractivity (Wildman–Crippen MR) is 119 cm³/mol. The molecule has 5 N–H and O–H groups in total. The van der Waals surface area contributed by atoms with E-state index in [1.165, 1.54) is 11.5 Å². The molecule has 2 aliphatic rings. The number of nitrogens with zero attached hydrogens (tertiary/aromatic N) is 5. The number of carbonyl (C=O) groups is 2. The number of carbonyl (C=O) groups excluding carboxylic acids is 2. The van der Waals surface area contributed by atoms with Crippen molar-refractivity contribution in [3.05, 3.63) is 23.7 Å². The normalized spacial score (nSPS) is 19.2. The van der Waals surface area contributed by atoms with Crippen molar-refractivity contribution < 1.29 is 9.59 Å². The Morgan fingerprint density at radius 2 is 2.10 bits per heavy atom. The highest BCUT2D eigenvalue weighted by Gasteiger charge is 2.26. The van der Waals surface area contributed by atoms with Gasteiger partial charge in [-0.2, -0.15) is 4.37 Å². The first-order valence-electron chi connectivity index (χ1n) is 10.4. The Labute approximate surface area is 184 Å². The number of piperazine rings is 1. The number of aryl methyl sites for hydroxylation is 1. The molecule has 3 amide bonds. The smallest absolute Gasteiger partial charge is 0.317 e. The molecule has 11 nitrogen and oxygen atoms in total. The van der Waals surface area contributed by atoms with Gasteiger partial charge < -0.3 is 31.5 Å². The third-order valence-corrected chi connectivity index (χ3v) is 6.14. The fraction of sp³-hybridized carbons (Fsp3) is 0.526. The Hall–Kier alpha value is -2.99. The van der Waals surface area contributed by atoms with Crippen LogP contribution in [-0.4, -0.2) is 76.5 Å². The molecule has 2 aromatic heterocycles. The van der Waals surface area contributed by atoms with Crippen molar-refractivity contribution in [2.24, 2.45) is 5.73 Å². The van der Waals surface area contributed by atoms with E-state index in [1.807, 2.05) is 17.9 Å². The molecule has 166 valence electrons. The number of hydrogen-bond acceptors (Lipinski definition) is 9. The monoisotopic (exact) mass is 445 g/mol. The Morgan fingerprint density at radius 3 is 2.81 bits per heavy atom. The number of piperidine rings is 1. The zero-order valence-electron chi connectivity index (χ0n) is 17.4. The number of primary amides is 1. The van der Waals surface area contributed by atoms with E-state index < -0.39 is 5.91 Å². The molecule has 12 heteroatoms. The van der Waals surface area contributed by atoms with E-state index in [1.54, 1.807) is 6.20 Å². The maximum absolute atomic E-state index is 12.6. The molecule has 2 aromatic rings. The summed E-state index contributed by atoms with van der Waals surface area (Å²) in [7, 11) is 0. The minimum Gasteiger partial charge on any atom is -0.364 e. The Morgan fingerprint density at radius 1 is 1.29 bits per heavy atom. The molecule has 1 unspecified atom stereocenters. The van der Waals surface area contributed by atoms with Crippen molar-refractivity contribution in [1.82, 2.24) is 29.9 Å². The summed E-state index contributed by atoms with van der Waals surface area (Å²) in [5.41, 5.74) is 6.44. The zero-order valence-corrected chi connectivity index (χ0v) is 18.2. The molecular formula is C19H27N9O2S. The first-order chi connectivity index (χ1) is 15.0. The third-order valence-electron chi connectivity index (χ3n) is 5.34. The van der Waals surface area contributed by atoms with Crippen LogP contribution in [-0.2, 0) is 0 Å². The van der Waals surface area contributed by atoms with E-state index in [4.69, 9.17) is 5.73 Å². The summed E-state index contributed by atoms with van der Waals surface area (Å²) >= 11 is 1.28. The van der Waals surface area contributed by atoms with Crippen LogP contribution in [0.2, 0.25) is 0 Å². The predicted octanol–water partition coefficient (Wildman–Crippen LogP) is 0.668. The van der Waals surface area contributed by atoms with Gasteiger partial charge in [-0.25, -0.2) is 14.8 Å². The highest BCUT2D eigenvalue weighted by molar-refractivity contribution is 7.10. The highest BCUT2D eigenvalue weighted by Crippen LogP contribution is 2.25. The molecule has 2 saturated heterocycles. The molecule has 31 heavy (non-hydrogen) atoms. The molecule has 0 bridgehead atoms. The van der Waals surface area contributed by atoms with Crippen LogP contribution in [0.5, 0.6) is 0 Å². The van der Waals surface area contributed by atoms with Gasteiger partial charge in [0.15, 0.2) is 11.5 Å². The van der Waals surface area contributed by atoms with Crippen LogP contribution in [0.25, 0.3) is 0 Å². The third kappa shape index (κ3) is 5.20. The largest absolute Gasteiger partial charge is 0.364 e. The van der Waals surface area contributed by atoms with Gasteiger partial charge in [-0.05, 0) is 37.4 Å². The quantitative estimate of drug-likeness (QED) is 0.526. The lowest BCUT2D eigenvalue weighted by Gasteiger charge is -2.36. The fourth-order valence-electron chi connectivity index (χ4n) is 3.78. The fourth-order valence-corrected chi connectivity index (χ4v) is 4.44. The van der Waals surface area contributed by atoms with Crippen LogP contribution >= 0.6 is 11.5 Å². The molecule has 0 spiro atoms. The number of nitrogens with one attached hydrogen (secondary N) is 3. The lowest BCUT2D eigenvalue weighted by atomic mass is 10.1. The van der Waals surface area contributed by atoms with Gasteiger partial charge in [0.05, 0.1) is 11.9 Å². The van der Waals surface area contributed by atoms with E-state index in [9.17, 15) is 9.59 Å². The summed E-state index contributed by atoms with van der Waals surface area (Å²) in [5.74, 6) is 0.290. The van der Waals surface area contributed by atoms with Gasteiger partial charge in [-0.1, -0.05) is 0 Å². The topological polar surface area (TPSA) is 141 Å². The van der Waals surface area contributed by atoms with Crippen molar-refractivity contribution in [2.45, 2.75) is 25.8 Å². The van der Waals surface area contributed by atoms with E-state index in [-0.39, 0.29) is 17.8 Å². The maximum atomic E-state index is 12.6. The van der Waals surface area contributed by atoms with Gasteiger partial charge in [-0.3, -0.25) is 4.79 Å². The molecule has 4 heterocycles. The number of aromatic nitrogens is 3. The summed E-state index contributed by atoms with van der Waals surface area (Å²) in [6, 6.07) is 1.87. The molecule has 4 rings (SSSR count). The maximum Gasteiger partial charge on any atom is 0.317 e. The van der Waals surface area contributed by atoms with Crippen molar-refractivity contribution in [3.63, 3.8) is 0 Å². The van der Waals surface area contributed by atoms with E-state index in [0.717, 1.165) is 43.2 Å². The van der Waals surface area contributed by atoms with Gasteiger partial charge in [-0.15, -0.1) is 0 Å². The number of urea groups is 1. The van der Waals surface area contributed by atoms with Gasteiger partial charge in [0.1, 0.15) is 10.8 Å². The van der Waals surface area contributed by atoms with Gasteiger partial charge in [0.25, 0.3) is 5.91 Å². The first kappa shape index (κ1) is 21.2. The van der Waals surface area contributed by atoms with Gasteiger partial charge >= 0.3 is 6.03 Å². The molecule has 0 saturated carbocycles. The molecule has 0 aromatic carbocycles. The van der Waals surface area contributed by atoms with E-state index in [0.29, 0.717) is 31.3 Å². The first-order valence-corrected chi connectivity index (χ1v) is 11.2. The highest BCUT2D eigenvalue weighted by atomic mass is 32.1. The number of rotatable bonds is 5. The number of amides is 3. The van der Waals surface area contributed by atoms with Crippen molar-refractivity contribution in [1.29, 1.82) is 0 Å². The molecule has 0 aliphatic carbocycles. The zero-order chi connectivity index (χ0) is 21.8. The molecule has 2 aliphatic heterocycles. The Kier molecular flexibility index (Phi) is 6.47. The van der Waals surface area contributed by atoms with Crippen LogP contribution in [0.4, 0.5) is 21.4 Å². The van der Waals surface area contributed by atoms with Crippen LogP contribution in [0.3, 0.4) is 0 Å². The van der Waals surface area contributed by atoms with Crippen LogP contribution in [0.15, 0.2) is 12.3 Å². The van der Waals surface area contributed by atoms with Crippen molar-refractivity contribution in [3.8, 4) is 0 Å². The summed E-state index contributed by atoms with van der Waals surface area (Å²) in [5, 5.41) is 10.3. The lowest BCUT2D eigenvalue weighted by Crippen LogP contribution is -2.55. The van der Waals surface area contributed by atoms with E-state index in [2.05, 4.69) is 35.2 Å².